The first-order valence-corrected chi connectivity index (χ1v) is 8.47. The van der Waals surface area contributed by atoms with Crippen molar-refractivity contribution in [2.75, 3.05) is 0 Å². The highest BCUT2D eigenvalue weighted by Gasteiger charge is 2.14. The second-order valence-electron chi connectivity index (χ2n) is 4.81. The zero-order valence-electron chi connectivity index (χ0n) is 13.3. The van der Waals surface area contributed by atoms with Crippen LogP contribution in [0.4, 0.5) is 0 Å². The number of benzene rings is 1. The van der Waals surface area contributed by atoms with E-state index in [-0.39, 0.29) is 33.7 Å². The molecule has 24 heavy (non-hydrogen) atoms. The lowest BCUT2D eigenvalue weighted by atomic mass is 10.2. The Labute approximate surface area is 156 Å². The Morgan fingerprint density at radius 3 is 2.33 bits per heavy atom. The molecule has 1 aromatic carbocycles. The summed E-state index contributed by atoms with van der Waals surface area (Å²) in [5.41, 5.74) is 0. The van der Waals surface area contributed by atoms with Crippen molar-refractivity contribution in [1.29, 1.82) is 0 Å². The van der Waals surface area contributed by atoms with Crippen molar-refractivity contribution in [1.82, 2.24) is 0 Å². The van der Waals surface area contributed by atoms with Crippen LogP contribution in [0, 0.1) is 11.8 Å². The van der Waals surface area contributed by atoms with Gasteiger partial charge in [-0.3, -0.25) is 9.59 Å². The van der Waals surface area contributed by atoms with Gasteiger partial charge in [0, 0.05) is 18.9 Å². The zero-order chi connectivity index (χ0) is 18.1. The van der Waals surface area contributed by atoms with Crippen LogP contribution in [-0.2, 0) is 14.3 Å². The molecule has 7 heteroatoms. The standard InChI is InChI=1S/C17H17Cl3O4/c1-3-6-11(4-2)23-16(21)7-5-8-17(22)24-15-10-13(19)12(18)9-14(15)20/h9-11H,4-5,7-8H2,1-2H3. The lowest BCUT2D eigenvalue weighted by molar-refractivity contribution is -0.146. The molecule has 0 aromatic heterocycles. The molecule has 1 atom stereocenters. The van der Waals surface area contributed by atoms with E-state index in [9.17, 15) is 9.59 Å². The fraction of sp³-hybridized carbons (Fsp3) is 0.412. The Balaban J connectivity index is 2.43. The van der Waals surface area contributed by atoms with E-state index in [2.05, 4.69) is 11.8 Å². The molecule has 0 aliphatic carbocycles. The predicted molar refractivity (Wildman–Crippen MR) is 94.6 cm³/mol. The van der Waals surface area contributed by atoms with Gasteiger partial charge in [-0.25, -0.2) is 0 Å². The maximum absolute atomic E-state index is 11.8. The summed E-state index contributed by atoms with van der Waals surface area (Å²) >= 11 is 17.6. The Bertz CT molecular complexity index is 662. The Kier molecular flexibility index (Phi) is 8.99. The number of carbonyl (C=O) groups excluding carboxylic acids is 2. The van der Waals surface area contributed by atoms with Gasteiger partial charge in [0.05, 0.1) is 15.1 Å². The van der Waals surface area contributed by atoms with Crippen molar-refractivity contribution in [3.8, 4) is 17.6 Å². The number of hydrogen-bond acceptors (Lipinski definition) is 4. The maximum atomic E-state index is 11.8. The van der Waals surface area contributed by atoms with Crippen molar-refractivity contribution in [2.24, 2.45) is 0 Å². The minimum Gasteiger partial charge on any atom is -0.449 e. The van der Waals surface area contributed by atoms with Crippen LogP contribution in [0.25, 0.3) is 0 Å². The lowest BCUT2D eigenvalue weighted by Crippen LogP contribution is -2.16. The van der Waals surface area contributed by atoms with Crippen LogP contribution in [0.3, 0.4) is 0 Å². The predicted octanol–water partition coefficient (Wildman–Crippen LogP) is 5.07. The van der Waals surface area contributed by atoms with Gasteiger partial charge in [-0.15, -0.1) is 5.92 Å². The van der Waals surface area contributed by atoms with Crippen molar-refractivity contribution in [2.45, 2.75) is 45.6 Å². The molecule has 1 unspecified atom stereocenters. The molecule has 4 nitrogen and oxygen atoms in total. The van der Waals surface area contributed by atoms with Crippen molar-refractivity contribution < 1.29 is 19.1 Å². The molecule has 0 heterocycles. The van der Waals surface area contributed by atoms with Crippen LogP contribution in [0.5, 0.6) is 5.75 Å². The fourth-order valence-corrected chi connectivity index (χ4v) is 2.30. The topological polar surface area (TPSA) is 52.6 Å². The van der Waals surface area contributed by atoms with E-state index < -0.39 is 18.0 Å². The molecule has 0 spiro atoms. The molecule has 0 saturated carbocycles. The highest BCUT2D eigenvalue weighted by Crippen LogP contribution is 2.34. The minimum absolute atomic E-state index is 0.0436. The molecule has 0 aliphatic heterocycles. The molecule has 0 amide bonds. The summed E-state index contributed by atoms with van der Waals surface area (Å²) in [5, 5.41) is 0.682. The SMILES string of the molecule is CC#CC(CC)OC(=O)CCCC(=O)Oc1cc(Cl)c(Cl)cc1Cl. The fourth-order valence-electron chi connectivity index (χ4n) is 1.73. The van der Waals surface area contributed by atoms with E-state index in [1.54, 1.807) is 6.92 Å². The van der Waals surface area contributed by atoms with Gasteiger partial charge in [-0.05, 0) is 25.8 Å². The quantitative estimate of drug-likeness (QED) is 0.282. The smallest absolute Gasteiger partial charge is 0.311 e. The molecule has 0 saturated heterocycles. The number of hydrogen-bond donors (Lipinski definition) is 0. The summed E-state index contributed by atoms with van der Waals surface area (Å²) in [6, 6.07) is 2.76. The molecule has 0 aliphatic rings. The van der Waals surface area contributed by atoms with E-state index in [0.717, 1.165) is 0 Å². The minimum atomic E-state index is -0.525. The summed E-state index contributed by atoms with van der Waals surface area (Å²) in [6.45, 7) is 3.56. The third kappa shape index (κ3) is 7.00. The van der Waals surface area contributed by atoms with Gasteiger partial charge in [0.15, 0.2) is 11.9 Å². The van der Waals surface area contributed by atoms with Crippen molar-refractivity contribution in [3.63, 3.8) is 0 Å². The number of carbonyl (C=O) groups is 2. The van der Waals surface area contributed by atoms with Gasteiger partial charge in [0.2, 0.25) is 0 Å². The summed E-state index contributed by atoms with van der Waals surface area (Å²) < 4.78 is 10.3. The molecule has 0 fully saturated rings. The van der Waals surface area contributed by atoms with Crippen LogP contribution in [0.1, 0.15) is 39.5 Å². The van der Waals surface area contributed by atoms with Gasteiger partial charge in [-0.2, -0.15) is 0 Å². The van der Waals surface area contributed by atoms with E-state index in [0.29, 0.717) is 12.8 Å². The molecular formula is C17H17Cl3O4. The number of esters is 2. The first kappa shape index (κ1) is 20.6. The number of halogens is 3. The zero-order valence-corrected chi connectivity index (χ0v) is 15.6. The van der Waals surface area contributed by atoms with Crippen LogP contribution in [0.15, 0.2) is 12.1 Å². The highest BCUT2D eigenvalue weighted by atomic mass is 35.5. The van der Waals surface area contributed by atoms with E-state index in [1.165, 1.54) is 12.1 Å². The first-order chi connectivity index (χ1) is 11.4. The molecule has 0 bridgehead atoms. The largest absolute Gasteiger partial charge is 0.449 e. The summed E-state index contributed by atoms with van der Waals surface area (Å²) in [4.78, 5) is 23.5. The average molecular weight is 392 g/mol. The van der Waals surface area contributed by atoms with Crippen molar-refractivity contribution in [3.05, 3.63) is 27.2 Å². The Morgan fingerprint density at radius 1 is 1.08 bits per heavy atom. The molecular weight excluding hydrogens is 375 g/mol. The van der Waals surface area contributed by atoms with Crippen LogP contribution < -0.4 is 4.74 Å². The summed E-state index contributed by atoms with van der Waals surface area (Å²) in [6.07, 6.45) is 0.648. The normalized spacial score (nSPS) is 11.2. The van der Waals surface area contributed by atoms with Gasteiger partial charge in [0.1, 0.15) is 0 Å². The van der Waals surface area contributed by atoms with E-state index >= 15 is 0 Å². The molecule has 1 aromatic rings. The Hall–Kier alpha value is -1.41. The van der Waals surface area contributed by atoms with Gasteiger partial charge < -0.3 is 9.47 Å². The second kappa shape index (κ2) is 10.5. The van der Waals surface area contributed by atoms with Gasteiger partial charge in [-0.1, -0.05) is 47.6 Å². The van der Waals surface area contributed by atoms with Crippen molar-refractivity contribution >= 4 is 46.7 Å². The van der Waals surface area contributed by atoms with Crippen LogP contribution in [-0.4, -0.2) is 18.0 Å². The van der Waals surface area contributed by atoms with Crippen LogP contribution >= 0.6 is 34.8 Å². The van der Waals surface area contributed by atoms with E-state index in [4.69, 9.17) is 44.3 Å². The van der Waals surface area contributed by atoms with Gasteiger partial charge >= 0.3 is 11.9 Å². The average Bonchev–Trinajstić information content (AvgIpc) is 2.52. The maximum Gasteiger partial charge on any atom is 0.311 e. The number of ether oxygens (including phenoxy) is 2. The van der Waals surface area contributed by atoms with E-state index in [1.807, 2.05) is 6.92 Å². The summed E-state index contributed by atoms with van der Waals surface area (Å²) in [7, 11) is 0. The first-order valence-electron chi connectivity index (χ1n) is 7.34. The number of rotatable bonds is 7. The lowest BCUT2D eigenvalue weighted by Gasteiger charge is -2.10. The Morgan fingerprint density at radius 2 is 1.71 bits per heavy atom. The van der Waals surface area contributed by atoms with Crippen LogP contribution in [0.2, 0.25) is 15.1 Å². The highest BCUT2D eigenvalue weighted by molar-refractivity contribution is 6.43. The molecule has 0 N–H and O–H groups in total. The van der Waals surface area contributed by atoms with Gasteiger partial charge in [0.25, 0.3) is 0 Å². The monoisotopic (exact) mass is 390 g/mol. The third-order valence-electron chi connectivity index (χ3n) is 2.91. The second-order valence-corrected chi connectivity index (χ2v) is 6.03. The molecule has 0 radical (unpaired) electrons. The molecule has 130 valence electrons. The molecule has 1 rings (SSSR count). The summed E-state index contributed by atoms with van der Waals surface area (Å²) in [5.74, 6) is 4.70. The third-order valence-corrected chi connectivity index (χ3v) is 3.93.